The van der Waals surface area contributed by atoms with Crippen molar-refractivity contribution in [1.29, 1.82) is 0 Å². The van der Waals surface area contributed by atoms with E-state index in [4.69, 9.17) is 16.7 Å². The van der Waals surface area contributed by atoms with Gasteiger partial charge in [0, 0.05) is 44.4 Å². The van der Waals surface area contributed by atoms with Gasteiger partial charge in [0.15, 0.2) is 0 Å². The first-order valence-electron chi connectivity index (χ1n) is 8.05. The number of nitrogens with zero attached hydrogens (tertiary/aromatic N) is 3. The molecule has 0 unspecified atom stereocenters. The van der Waals surface area contributed by atoms with Crippen LogP contribution in [0.4, 0.5) is 17.6 Å². The number of anilines is 3. The normalized spacial score (nSPS) is 10.5. The minimum atomic E-state index is 0.152. The van der Waals surface area contributed by atoms with Gasteiger partial charge in [-0.1, -0.05) is 23.7 Å². The van der Waals surface area contributed by atoms with Crippen molar-refractivity contribution in [2.45, 2.75) is 19.9 Å². The number of benzene rings is 1. The minimum absolute atomic E-state index is 0.152. The third kappa shape index (κ3) is 5.54. The van der Waals surface area contributed by atoms with E-state index in [9.17, 15) is 0 Å². The van der Waals surface area contributed by atoms with Gasteiger partial charge < -0.3 is 20.6 Å². The molecule has 7 heteroatoms. The number of aromatic nitrogens is 2. The molecule has 3 N–H and O–H groups in total. The summed E-state index contributed by atoms with van der Waals surface area (Å²) in [6.45, 7) is 4.31. The standard InChI is InChI=1S/C17H24ClN5O/c1-3-23(2)17-21-15(19-8-5-9-24)11-16(22-17)20-12-13-6-4-7-14(18)10-13/h4,6-7,10-11,24H,3,5,8-9,12H2,1-2H3,(H2,19,20,21,22). The molecule has 0 spiro atoms. The highest BCUT2D eigenvalue weighted by molar-refractivity contribution is 6.30. The van der Waals surface area contributed by atoms with E-state index in [1.165, 1.54) is 0 Å². The maximum atomic E-state index is 8.91. The Morgan fingerprint density at radius 1 is 1.17 bits per heavy atom. The molecular formula is C17H24ClN5O. The fraction of sp³-hybridized carbons (Fsp3) is 0.412. The van der Waals surface area contributed by atoms with Crippen LogP contribution in [0, 0.1) is 0 Å². The Labute approximate surface area is 147 Å². The predicted octanol–water partition coefficient (Wildman–Crippen LogP) is 2.99. The van der Waals surface area contributed by atoms with Crippen LogP contribution in [0.3, 0.4) is 0 Å². The van der Waals surface area contributed by atoms with E-state index in [0.717, 1.165) is 28.8 Å². The molecular weight excluding hydrogens is 326 g/mol. The summed E-state index contributed by atoms with van der Waals surface area (Å²) in [6, 6.07) is 9.59. The monoisotopic (exact) mass is 349 g/mol. The van der Waals surface area contributed by atoms with Crippen LogP contribution < -0.4 is 15.5 Å². The number of aliphatic hydroxyl groups is 1. The minimum Gasteiger partial charge on any atom is -0.396 e. The Balaban J connectivity index is 2.12. The summed E-state index contributed by atoms with van der Waals surface area (Å²) in [7, 11) is 1.95. The molecule has 0 atom stereocenters. The molecule has 6 nitrogen and oxygen atoms in total. The number of aliphatic hydroxyl groups excluding tert-OH is 1. The third-order valence-electron chi connectivity index (χ3n) is 3.53. The first kappa shape index (κ1) is 18.3. The van der Waals surface area contributed by atoms with Gasteiger partial charge in [-0.05, 0) is 31.0 Å². The fourth-order valence-corrected chi connectivity index (χ4v) is 2.28. The molecule has 0 aliphatic heterocycles. The van der Waals surface area contributed by atoms with Crippen LogP contribution in [0.25, 0.3) is 0 Å². The van der Waals surface area contributed by atoms with Crippen LogP contribution in [-0.2, 0) is 6.54 Å². The van der Waals surface area contributed by atoms with Crippen LogP contribution in [0.1, 0.15) is 18.9 Å². The molecule has 0 saturated carbocycles. The molecule has 2 rings (SSSR count). The maximum Gasteiger partial charge on any atom is 0.228 e. The SMILES string of the molecule is CCN(C)c1nc(NCCCO)cc(NCc2cccc(Cl)c2)n1. The van der Waals surface area contributed by atoms with Crippen molar-refractivity contribution in [2.75, 3.05) is 42.3 Å². The number of hydrogen-bond donors (Lipinski definition) is 3. The van der Waals surface area contributed by atoms with Gasteiger partial charge in [0.2, 0.25) is 5.95 Å². The van der Waals surface area contributed by atoms with E-state index in [2.05, 4.69) is 20.6 Å². The van der Waals surface area contributed by atoms with Crippen molar-refractivity contribution in [2.24, 2.45) is 0 Å². The zero-order valence-corrected chi connectivity index (χ0v) is 14.8. The van der Waals surface area contributed by atoms with E-state index in [1.54, 1.807) is 0 Å². The van der Waals surface area contributed by atoms with Gasteiger partial charge in [0.25, 0.3) is 0 Å². The molecule has 1 heterocycles. The Morgan fingerprint density at radius 2 is 1.92 bits per heavy atom. The zero-order chi connectivity index (χ0) is 17.4. The molecule has 24 heavy (non-hydrogen) atoms. The highest BCUT2D eigenvalue weighted by atomic mass is 35.5. The molecule has 1 aromatic heterocycles. The average molecular weight is 350 g/mol. The van der Waals surface area contributed by atoms with Crippen LogP contribution in [0.15, 0.2) is 30.3 Å². The molecule has 0 amide bonds. The van der Waals surface area contributed by atoms with Crippen LogP contribution >= 0.6 is 11.6 Å². The van der Waals surface area contributed by atoms with Crippen LogP contribution in [-0.4, -0.2) is 41.8 Å². The quantitative estimate of drug-likeness (QED) is 0.604. The molecule has 1 aromatic carbocycles. The molecule has 2 aromatic rings. The number of rotatable bonds is 9. The third-order valence-corrected chi connectivity index (χ3v) is 3.77. The summed E-state index contributed by atoms with van der Waals surface area (Å²) in [5, 5.41) is 16.2. The van der Waals surface area contributed by atoms with E-state index >= 15 is 0 Å². The lowest BCUT2D eigenvalue weighted by atomic mass is 10.2. The summed E-state index contributed by atoms with van der Waals surface area (Å²) in [4.78, 5) is 11.0. The fourth-order valence-electron chi connectivity index (χ4n) is 2.06. The summed E-state index contributed by atoms with van der Waals surface area (Å²) in [6.07, 6.45) is 0.675. The van der Waals surface area contributed by atoms with Gasteiger partial charge in [0.1, 0.15) is 11.6 Å². The predicted molar refractivity (Wildman–Crippen MR) is 99.9 cm³/mol. The Kier molecular flexibility index (Phi) is 7.08. The summed E-state index contributed by atoms with van der Waals surface area (Å²) in [5.41, 5.74) is 1.08. The van der Waals surface area contributed by atoms with Crippen molar-refractivity contribution >= 4 is 29.2 Å². The van der Waals surface area contributed by atoms with Gasteiger partial charge in [-0.2, -0.15) is 9.97 Å². The summed E-state index contributed by atoms with van der Waals surface area (Å²) >= 11 is 6.02. The molecule has 0 aliphatic carbocycles. The maximum absolute atomic E-state index is 8.91. The Bertz CT molecular complexity index is 653. The van der Waals surface area contributed by atoms with Crippen molar-refractivity contribution in [3.05, 3.63) is 40.9 Å². The van der Waals surface area contributed by atoms with Gasteiger partial charge in [-0.15, -0.1) is 0 Å². The van der Waals surface area contributed by atoms with Crippen molar-refractivity contribution < 1.29 is 5.11 Å². The lowest BCUT2D eigenvalue weighted by Crippen LogP contribution is -2.20. The lowest BCUT2D eigenvalue weighted by molar-refractivity contribution is 0.292. The Hall–Kier alpha value is -2.05. The topological polar surface area (TPSA) is 73.3 Å². The van der Waals surface area contributed by atoms with E-state index in [-0.39, 0.29) is 6.61 Å². The molecule has 0 aliphatic rings. The largest absolute Gasteiger partial charge is 0.396 e. The molecule has 0 bridgehead atoms. The Morgan fingerprint density at radius 3 is 2.58 bits per heavy atom. The smallest absolute Gasteiger partial charge is 0.228 e. The molecule has 0 fully saturated rings. The lowest BCUT2D eigenvalue weighted by Gasteiger charge is -2.17. The second kappa shape index (κ2) is 9.30. The number of hydrogen-bond acceptors (Lipinski definition) is 6. The van der Waals surface area contributed by atoms with Gasteiger partial charge in [-0.3, -0.25) is 0 Å². The average Bonchev–Trinajstić information content (AvgIpc) is 2.59. The van der Waals surface area contributed by atoms with E-state index in [1.807, 2.05) is 49.2 Å². The van der Waals surface area contributed by atoms with Crippen molar-refractivity contribution in [1.82, 2.24) is 9.97 Å². The highest BCUT2D eigenvalue weighted by Gasteiger charge is 2.08. The van der Waals surface area contributed by atoms with Crippen molar-refractivity contribution in [3.8, 4) is 0 Å². The van der Waals surface area contributed by atoms with Gasteiger partial charge in [0.05, 0.1) is 0 Å². The van der Waals surface area contributed by atoms with Crippen molar-refractivity contribution in [3.63, 3.8) is 0 Å². The molecule has 0 radical (unpaired) electrons. The second-order valence-corrected chi connectivity index (χ2v) is 5.88. The zero-order valence-electron chi connectivity index (χ0n) is 14.1. The summed E-state index contributed by atoms with van der Waals surface area (Å²) in [5.74, 6) is 2.13. The van der Waals surface area contributed by atoms with Gasteiger partial charge in [-0.25, -0.2) is 0 Å². The van der Waals surface area contributed by atoms with Gasteiger partial charge >= 0.3 is 0 Å². The molecule has 130 valence electrons. The second-order valence-electron chi connectivity index (χ2n) is 5.44. The summed E-state index contributed by atoms with van der Waals surface area (Å²) < 4.78 is 0. The van der Waals surface area contributed by atoms with Crippen LogP contribution in [0.2, 0.25) is 5.02 Å². The van der Waals surface area contributed by atoms with Crippen LogP contribution in [0.5, 0.6) is 0 Å². The van der Waals surface area contributed by atoms with E-state index in [0.29, 0.717) is 25.5 Å². The first-order valence-corrected chi connectivity index (χ1v) is 8.43. The molecule has 0 saturated heterocycles. The van der Waals surface area contributed by atoms with E-state index < -0.39 is 0 Å². The number of nitrogens with one attached hydrogen (secondary N) is 2. The highest BCUT2D eigenvalue weighted by Crippen LogP contribution is 2.18. The number of halogens is 1. The first-order chi connectivity index (χ1) is 11.6.